The highest BCUT2D eigenvalue weighted by Gasteiger charge is 2.09. The summed E-state index contributed by atoms with van der Waals surface area (Å²) < 4.78 is 5.14. The topological polar surface area (TPSA) is 53.6 Å². The highest BCUT2D eigenvalue weighted by atomic mass is 16.5. The van der Waals surface area contributed by atoms with Crippen molar-refractivity contribution in [2.24, 2.45) is 0 Å². The van der Waals surface area contributed by atoms with Crippen LogP contribution in [0.15, 0.2) is 30.3 Å². The summed E-state index contributed by atoms with van der Waals surface area (Å²) in [6.07, 6.45) is 3.34. The molecule has 108 valence electrons. The van der Waals surface area contributed by atoms with Gasteiger partial charge in [0.05, 0.1) is 13.8 Å². The molecule has 1 fully saturated rings. The first-order chi connectivity index (χ1) is 9.78. The zero-order chi connectivity index (χ0) is 14.2. The fourth-order valence-corrected chi connectivity index (χ4v) is 2.04. The quantitative estimate of drug-likeness (QED) is 0.776. The molecule has 0 radical (unpaired) electrons. The number of hydrogen-bond acceptors (Lipinski definition) is 4. The first-order valence-corrected chi connectivity index (χ1v) is 6.81. The zero-order valence-electron chi connectivity index (χ0n) is 11.8. The van der Waals surface area contributed by atoms with Gasteiger partial charge in [-0.25, -0.2) is 0 Å². The molecular formula is C15H21N3O2. The predicted molar refractivity (Wildman–Crippen MR) is 79.5 cm³/mol. The number of rotatable bonds is 5. The second-order valence-corrected chi connectivity index (χ2v) is 4.68. The van der Waals surface area contributed by atoms with Gasteiger partial charge in [-0.15, -0.1) is 0 Å². The Morgan fingerprint density at radius 1 is 1.45 bits per heavy atom. The maximum absolute atomic E-state index is 11.7. The number of carbonyl (C=O) groups excluding carboxylic acids is 1. The number of nitrogens with one attached hydrogen (secondary N) is 2. The Morgan fingerprint density at radius 3 is 3.00 bits per heavy atom. The second kappa shape index (κ2) is 7.67. The van der Waals surface area contributed by atoms with Crippen molar-refractivity contribution in [3.8, 4) is 5.75 Å². The molecule has 0 saturated carbocycles. The summed E-state index contributed by atoms with van der Waals surface area (Å²) >= 11 is 0. The number of ether oxygens (including phenoxy) is 1. The van der Waals surface area contributed by atoms with Crippen LogP contribution in [0, 0.1) is 0 Å². The Bertz CT molecular complexity index is 468. The lowest BCUT2D eigenvalue weighted by atomic mass is 10.2. The first kappa shape index (κ1) is 14.6. The minimum Gasteiger partial charge on any atom is -0.497 e. The monoisotopic (exact) mass is 275 g/mol. The summed E-state index contributed by atoms with van der Waals surface area (Å²) in [4.78, 5) is 14.0. The summed E-state index contributed by atoms with van der Waals surface area (Å²) in [7, 11) is 1.63. The molecule has 2 rings (SSSR count). The molecule has 1 aliphatic heterocycles. The summed E-state index contributed by atoms with van der Waals surface area (Å²) in [5, 5.41) is 6.17. The van der Waals surface area contributed by atoms with E-state index in [1.807, 2.05) is 24.3 Å². The Hall–Kier alpha value is -1.85. The SMILES string of the molecule is COc1cccc(/C=C/C(=O)NCN2CCNCC2)c1. The highest BCUT2D eigenvalue weighted by molar-refractivity contribution is 5.91. The Balaban J connectivity index is 1.79. The minimum absolute atomic E-state index is 0.0775. The zero-order valence-corrected chi connectivity index (χ0v) is 11.8. The van der Waals surface area contributed by atoms with Crippen LogP contribution in [0.25, 0.3) is 6.08 Å². The molecule has 1 aliphatic rings. The minimum atomic E-state index is -0.0775. The predicted octanol–water partition coefficient (Wildman–Crippen LogP) is 0.687. The van der Waals surface area contributed by atoms with Crippen molar-refractivity contribution in [3.63, 3.8) is 0 Å². The normalized spacial score (nSPS) is 16.2. The Labute approximate surface area is 119 Å². The van der Waals surface area contributed by atoms with Crippen LogP contribution in [-0.4, -0.2) is 50.8 Å². The van der Waals surface area contributed by atoms with E-state index < -0.39 is 0 Å². The van der Waals surface area contributed by atoms with E-state index in [9.17, 15) is 4.79 Å². The average Bonchev–Trinajstić information content (AvgIpc) is 2.52. The molecule has 0 aliphatic carbocycles. The van der Waals surface area contributed by atoms with Crippen LogP contribution in [-0.2, 0) is 4.79 Å². The van der Waals surface area contributed by atoms with Gasteiger partial charge in [0.2, 0.25) is 5.91 Å². The van der Waals surface area contributed by atoms with Gasteiger partial charge in [-0.1, -0.05) is 12.1 Å². The van der Waals surface area contributed by atoms with Crippen LogP contribution < -0.4 is 15.4 Å². The number of hydrogen-bond donors (Lipinski definition) is 2. The van der Waals surface area contributed by atoms with E-state index >= 15 is 0 Å². The van der Waals surface area contributed by atoms with Crippen LogP contribution in [0.3, 0.4) is 0 Å². The van der Waals surface area contributed by atoms with Gasteiger partial charge < -0.3 is 15.4 Å². The van der Waals surface area contributed by atoms with Gasteiger partial charge in [-0.05, 0) is 23.8 Å². The molecular weight excluding hydrogens is 254 g/mol. The molecule has 1 saturated heterocycles. The molecule has 0 unspecified atom stereocenters. The molecule has 5 heteroatoms. The van der Waals surface area contributed by atoms with Crippen molar-refractivity contribution in [2.45, 2.75) is 0 Å². The summed E-state index contributed by atoms with van der Waals surface area (Å²) in [6, 6.07) is 7.60. The van der Waals surface area contributed by atoms with E-state index in [0.29, 0.717) is 6.67 Å². The number of benzene rings is 1. The lowest BCUT2D eigenvalue weighted by Gasteiger charge is -2.26. The average molecular weight is 275 g/mol. The first-order valence-electron chi connectivity index (χ1n) is 6.81. The van der Waals surface area contributed by atoms with E-state index in [1.165, 1.54) is 0 Å². The molecule has 0 spiro atoms. The van der Waals surface area contributed by atoms with Gasteiger partial charge in [0, 0.05) is 32.3 Å². The smallest absolute Gasteiger partial charge is 0.245 e. The standard InChI is InChI=1S/C15H21N3O2/c1-20-14-4-2-3-13(11-14)5-6-15(19)17-12-18-9-7-16-8-10-18/h2-6,11,16H,7-10,12H2,1H3,(H,17,19)/b6-5+. The molecule has 0 bridgehead atoms. The van der Waals surface area contributed by atoms with Crippen LogP contribution in [0.1, 0.15) is 5.56 Å². The van der Waals surface area contributed by atoms with Crippen molar-refractivity contribution < 1.29 is 9.53 Å². The molecule has 1 amide bonds. The highest BCUT2D eigenvalue weighted by Crippen LogP contribution is 2.13. The van der Waals surface area contributed by atoms with Crippen LogP contribution >= 0.6 is 0 Å². The van der Waals surface area contributed by atoms with Gasteiger partial charge in [-0.2, -0.15) is 0 Å². The molecule has 1 heterocycles. The van der Waals surface area contributed by atoms with Crippen molar-refractivity contribution in [1.82, 2.24) is 15.5 Å². The summed E-state index contributed by atoms with van der Waals surface area (Å²) in [5.74, 6) is 0.708. The molecule has 1 aromatic carbocycles. The van der Waals surface area contributed by atoms with E-state index in [1.54, 1.807) is 19.3 Å². The molecule has 0 aromatic heterocycles. The van der Waals surface area contributed by atoms with E-state index in [4.69, 9.17) is 4.74 Å². The number of methoxy groups -OCH3 is 1. The van der Waals surface area contributed by atoms with Crippen molar-refractivity contribution in [2.75, 3.05) is 40.0 Å². The van der Waals surface area contributed by atoms with E-state index in [0.717, 1.165) is 37.5 Å². The van der Waals surface area contributed by atoms with Gasteiger partial charge in [-0.3, -0.25) is 9.69 Å². The molecule has 2 N–H and O–H groups in total. The number of amides is 1. The third-order valence-electron chi connectivity index (χ3n) is 3.21. The Kier molecular flexibility index (Phi) is 5.58. The maximum Gasteiger partial charge on any atom is 0.245 e. The summed E-state index contributed by atoms with van der Waals surface area (Å²) in [5.41, 5.74) is 0.946. The van der Waals surface area contributed by atoms with Crippen molar-refractivity contribution in [1.29, 1.82) is 0 Å². The molecule has 20 heavy (non-hydrogen) atoms. The number of piperazine rings is 1. The van der Waals surface area contributed by atoms with Gasteiger partial charge >= 0.3 is 0 Å². The lowest BCUT2D eigenvalue weighted by Crippen LogP contribution is -2.47. The molecule has 1 aromatic rings. The third kappa shape index (κ3) is 4.68. The fourth-order valence-electron chi connectivity index (χ4n) is 2.04. The van der Waals surface area contributed by atoms with Crippen LogP contribution in [0.2, 0.25) is 0 Å². The number of nitrogens with zero attached hydrogens (tertiary/aromatic N) is 1. The summed E-state index contributed by atoms with van der Waals surface area (Å²) in [6.45, 7) is 4.51. The van der Waals surface area contributed by atoms with Crippen molar-refractivity contribution >= 4 is 12.0 Å². The maximum atomic E-state index is 11.7. The van der Waals surface area contributed by atoms with E-state index in [-0.39, 0.29) is 5.91 Å². The molecule has 5 nitrogen and oxygen atoms in total. The lowest BCUT2D eigenvalue weighted by molar-refractivity contribution is -0.117. The van der Waals surface area contributed by atoms with Gasteiger partial charge in [0.15, 0.2) is 0 Å². The van der Waals surface area contributed by atoms with Crippen LogP contribution in [0.5, 0.6) is 5.75 Å². The fraction of sp³-hybridized carbons (Fsp3) is 0.400. The van der Waals surface area contributed by atoms with Gasteiger partial charge in [0.25, 0.3) is 0 Å². The Morgan fingerprint density at radius 2 is 2.25 bits per heavy atom. The third-order valence-corrected chi connectivity index (χ3v) is 3.21. The molecule has 0 atom stereocenters. The largest absolute Gasteiger partial charge is 0.497 e. The second-order valence-electron chi connectivity index (χ2n) is 4.68. The van der Waals surface area contributed by atoms with E-state index in [2.05, 4.69) is 15.5 Å². The van der Waals surface area contributed by atoms with Crippen LogP contribution in [0.4, 0.5) is 0 Å². The van der Waals surface area contributed by atoms with Gasteiger partial charge in [0.1, 0.15) is 5.75 Å². The van der Waals surface area contributed by atoms with Crippen molar-refractivity contribution in [3.05, 3.63) is 35.9 Å². The number of carbonyl (C=O) groups is 1.